The number of hydrogen-bond acceptors (Lipinski definition) is 10. The minimum atomic E-state index is -0.686. The Morgan fingerprint density at radius 1 is 0.659 bits per heavy atom. The predicted molar refractivity (Wildman–Crippen MR) is 181 cm³/mol. The van der Waals surface area contributed by atoms with Gasteiger partial charge in [-0.1, -0.05) is 48.5 Å². The number of nitrogens with zero attached hydrogens (tertiary/aromatic N) is 4. The molecular weight excluding hydrogens is 596 g/mol. The first-order valence-electron chi connectivity index (χ1n) is 13.8. The van der Waals surface area contributed by atoms with Gasteiger partial charge in [-0.05, 0) is 35.0 Å². The fraction of sp³-hybridized carbons (Fsp3) is 0. The molecule has 0 aliphatic carbocycles. The number of hydrogen-bond donors (Lipinski definition) is 4. The van der Waals surface area contributed by atoms with Crippen LogP contribution in [0.2, 0.25) is 0 Å². The summed E-state index contributed by atoms with van der Waals surface area (Å²) in [7, 11) is 0.0755. The minimum Gasteiger partial charge on any atom is -0.426 e. The molecule has 0 spiro atoms. The van der Waals surface area contributed by atoms with E-state index in [-0.39, 0.29) is 40.1 Å². The molecule has 0 bridgehead atoms. The second kappa shape index (κ2) is 9.46. The molecule has 0 fully saturated rings. The van der Waals surface area contributed by atoms with E-state index in [0.717, 1.165) is 62.1 Å². The van der Waals surface area contributed by atoms with Gasteiger partial charge in [-0.15, -0.1) is 0 Å². The molecule has 0 saturated carbocycles. The Bertz CT molecular complexity index is 2440. The van der Waals surface area contributed by atoms with E-state index < -0.39 is 18.6 Å². The summed E-state index contributed by atoms with van der Waals surface area (Å²) in [6.45, 7) is -0.686. The Kier molecular flexibility index (Phi) is 5.47. The van der Waals surface area contributed by atoms with E-state index in [2.05, 4.69) is 33.2 Å². The van der Waals surface area contributed by atoms with Crippen molar-refractivity contribution in [2.24, 2.45) is 0 Å². The van der Waals surface area contributed by atoms with E-state index in [4.69, 9.17) is 5.73 Å². The highest BCUT2D eigenvalue weighted by atomic mass is 32.1. The fourth-order valence-electron chi connectivity index (χ4n) is 6.44. The van der Waals surface area contributed by atoms with Crippen LogP contribution < -0.4 is 32.3 Å². The molecule has 210 valence electrons. The quantitative estimate of drug-likeness (QED) is 0.155. The van der Waals surface area contributed by atoms with Crippen molar-refractivity contribution in [3.63, 3.8) is 0 Å². The summed E-state index contributed by atoms with van der Waals surface area (Å²) in [5.41, 5.74) is 11.1. The second-order valence-corrected chi connectivity index (χ2v) is 11.8. The Morgan fingerprint density at radius 3 is 1.95 bits per heavy atom. The van der Waals surface area contributed by atoms with Crippen molar-refractivity contribution in [2.75, 3.05) is 21.4 Å². The molecule has 3 heterocycles. The van der Waals surface area contributed by atoms with Gasteiger partial charge < -0.3 is 21.4 Å². The van der Waals surface area contributed by atoms with E-state index in [1.807, 2.05) is 72.8 Å². The lowest BCUT2D eigenvalue weighted by Crippen LogP contribution is -2.50. The van der Waals surface area contributed by atoms with Gasteiger partial charge in [-0.3, -0.25) is 0 Å². The number of benzene rings is 6. The molecule has 5 N–H and O–H groups in total. The first-order chi connectivity index (χ1) is 21.6. The zero-order chi connectivity index (χ0) is 29.5. The lowest BCUT2D eigenvalue weighted by molar-refractivity contribution is 0.639. The van der Waals surface area contributed by atoms with E-state index in [1.54, 1.807) is 0 Å². The molecule has 0 amide bonds. The van der Waals surface area contributed by atoms with Crippen molar-refractivity contribution >= 4 is 126 Å². The van der Waals surface area contributed by atoms with Gasteiger partial charge in [0.25, 0.3) is 7.41 Å². The van der Waals surface area contributed by atoms with Crippen molar-refractivity contribution in [3.05, 3.63) is 84.4 Å². The number of rotatable bonds is 4. The van der Waals surface area contributed by atoms with Crippen LogP contribution in [0, 0.1) is 11.6 Å². The first-order valence-corrected chi connectivity index (χ1v) is 15.3. The van der Waals surface area contributed by atoms with E-state index in [0.29, 0.717) is 16.7 Å². The van der Waals surface area contributed by atoms with Crippen molar-refractivity contribution in [3.8, 4) is 0 Å². The molecule has 1 aliphatic heterocycles. The minimum absolute atomic E-state index is 0.0419. The number of halogens is 2. The number of nitrogens with two attached hydrogens (primary N) is 1. The van der Waals surface area contributed by atoms with Gasteiger partial charge in [0.05, 0.1) is 34.2 Å². The van der Waals surface area contributed by atoms with Gasteiger partial charge in [-0.25, -0.2) is 8.78 Å². The normalized spacial score (nSPS) is 12.7. The van der Waals surface area contributed by atoms with E-state index >= 15 is 8.78 Å². The van der Waals surface area contributed by atoms with Crippen molar-refractivity contribution < 1.29 is 8.78 Å². The lowest BCUT2D eigenvalue weighted by atomic mass is 9.64. The van der Waals surface area contributed by atoms with Crippen LogP contribution in [-0.4, -0.2) is 31.9 Å². The van der Waals surface area contributed by atoms with Crippen LogP contribution in [0.5, 0.6) is 0 Å². The molecule has 0 radical (unpaired) electrons. The summed E-state index contributed by atoms with van der Waals surface area (Å²) < 4.78 is 51.4. The van der Waals surface area contributed by atoms with Gasteiger partial charge in [0, 0.05) is 44.4 Å². The Labute approximate surface area is 257 Å². The third-order valence-electron chi connectivity index (χ3n) is 8.37. The molecule has 8 nitrogen and oxygen atoms in total. The molecule has 8 aromatic rings. The van der Waals surface area contributed by atoms with Crippen LogP contribution in [0.4, 0.5) is 31.5 Å². The van der Waals surface area contributed by atoms with Gasteiger partial charge in [0.15, 0.2) is 0 Å². The van der Waals surface area contributed by atoms with Crippen LogP contribution in [0.3, 0.4) is 0 Å². The lowest BCUT2D eigenvalue weighted by Gasteiger charge is -2.27. The molecule has 14 heteroatoms. The third kappa shape index (κ3) is 3.55. The molecule has 1 aliphatic rings. The zero-order valence-electron chi connectivity index (χ0n) is 22.7. The summed E-state index contributed by atoms with van der Waals surface area (Å²) in [4.78, 5) is 0. The third-order valence-corrected chi connectivity index (χ3v) is 9.42. The van der Waals surface area contributed by atoms with E-state index in [9.17, 15) is 0 Å². The Balaban J connectivity index is 1.22. The van der Waals surface area contributed by atoms with Gasteiger partial charge in [0.1, 0.15) is 33.7 Å². The van der Waals surface area contributed by atoms with Gasteiger partial charge in [0.2, 0.25) is 0 Å². The van der Waals surface area contributed by atoms with Gasteiger partial charge in [-0.2, -0.15) is 17.5 Å². The topological polar surface area (TPSA) is 114 Å². The number of nitrogens with one attached hydrogen (secondary N) is 3. The molecule has 9 rings (SSSR count). The van der Waals surface area contributed by atoms with Gasteiger partial charge >= 0.3 is 6.98 Å². The predicted octanol–water partition coefficient (Wildman–Crippen LogP) is 5.34. The standard InChI is InChI=1S/C30H18B2F2N8S2/c33-25-21-22(27-29(41-43-39-27)23(25)31-36-16-10-2-6-13-5-1-9-15(35)19(13)16)26(34)24(30-28(21)40-44-42-30)32-37-17-11-3-7-14-8-4-12-18(38-32)20(14)17/h1-12,31,36-38H,35H2. The van der Waals surface area contributed by atoms with E-state index in [1.165, 1.54) is 0 Å². The molecule has 0 unspecified atom stereocenters. The van der Waals surface area contributed by atoms with Crippen LogP contribution in [0.25, 0.3) is 54.4 Å². The Morgan fingerprint density at radius 2 is 1.23 bits per heavy atom. The van der Waals surface area contributed by atoms with Crippen LogP contribution >= 0.6 is 23.5 Å². The SMILES string of the molecule is Nc1cccc2cccc(NBc3c(F)c4c5nsnc5c(B5Nc6cccc7cccc(c67)N5)c(F)c4c4nsnc34)c12. The maximum absolute atomic E-state index is 16.9. The van der Waals surface area contributed by atoms with Crippen LogP contribution in [0.1, 0.15) is 0 Å². The van der Waals surface area contributed by atoms with Crippen molar-refractivity contribution in [2.45, 2.75) is 0 Å². The highest BCUT2D eigenvalue weighted by molar-refractivity contribution is 7.01. The van der Waals surface area contributed by atoms with Crippen molar-refractivity contribution in [1.82, 2.24) is 17.5 Å². The summed E-state index contributed by atoms with van der Waals surface area (Å²) in [5.74, 6) is -1.22. The number of aromatic nitrogens is 4. The zero-order valence-corrected chi connectivity index (χ0v) is 24.3. The molecule has 0 saturated heterocycles. The summed E-state index contributed by atoms with van der Waals surface area (Å²) in [6.07, 6.45) is 0. The number of nitrogen functional groups attached to an aromatic ring is 1. The fourth-order valence-corrected chi connectivity index (χ4v) is 7.58. The molecular formula is C30H18B2F2N8S2. The number of anilines is 4. The maximum atomic E-state index is 16.9. The average molecular weight is 614 g/mol. The Hall–Kier alpha value is -5.07. The van der Waals surface area contributed by atoms with Crippen LogP contribution in [0.15, 0.2) is 72.8 Å². The van der Waals surface area contributed by atoms with Crippen LogP contribution in [-0.2, 0) is 0 Å². The molecule has 2 aromatic heterocycles. The molecule has 0 atom stereocenters. The average Bonchev–Trinajstić information content (AvgIpc) is 3.71. The molecule has 6 aromatic carbocycles. The summed E-state index contributed by atoms with van der Waals surface area (Å²) in [6, 6.07) is 23.3. The number of fused-ring (bicyclic) bond motifs is 6. The largest absolute Gasteiger partial charge is 0.426 e. The van der Waals surface area contributed by atoms with Crippen molar-refractivity contribution in [1.29, 1.82) is 0 Å². The highest BCUT2D eigenvalue weighted by Gasteiger charge is 2.35. The summed E-state index contributed by atoms with van der Waals surface area (Å²) in [5, 5.41) is 14.2. The molecule has 44 heavy (non-hydrogen) atoms. The highest BCUT2D eigenvalue weighted by Crippen LogP contribution is 2.37. The summed E-state index contributed by atoms with van der Waals surface area (Å²) >= 11 is 1.83. The first kappa shape index (κ1) is 25.4. The maximum Gasteiger partial charge on any atom is 0.411 e. The smallest absolute Gasteiger partial charge is 0.411 e. The monoisotopic (exact) mass is 614 g/mol. The second-order valence-electron chi connectivity index (χ2n) is 10.7.